The molecule has 0 fully saturated rings. The van der Waals surface area contributed by atoms with Gasteiger partial charge in [0.05, 0.1) is 12.0 Å². The zero-order valence-corrected chi connectivity index (χ0v) is 12.9. The van der Waals surface area contributed by atoms with E-state index in [-0.39, 0.29) is 12.5 Å². The van der Waals surface area contributed by atoms with E-state index >= 15 is 0 Å². The molecular formula is C16H16N4O3. The molecule has 7 nitrogen and oxygen atoms in total. The van der Waals surface area contributed by atoms with Crippen molar-refractivity contribution in [2.24, 2.45) is 0 Å². The monoisotopic (exact) mass is 312 g/mol. The number of nitrogens with zero attached hydrogens (tertiary/aromatic N) is 3. The van der Waals surface area contributed by atoms with Crippen molar-refractivity contribution >= 4 is 16.9 Å². The third-order valence-electron chi connectivity index (χ3n) is 3.43. The number of ether oxygens (including phenoxy) is 1. The van der Waals surface area contributed by atoms with Crippen LogP contribution in [0.3, 0.4) is 0 Å². The van der Waals surface area contributed by atoms with Crippen LogP contribution in [0.2, 0.25) is 0 Å². The van der Waals surface area contributed by atoms with Crippen molar-refractivity contribution in [1.82, 2.24) is 20.5 Å². The molecule has 0 aliphatic rings. The minimum atomic E-state index is -0.243. The molecule has 1 N–H and O–H groups in total. The SMILES string of the molecule is CCc1nnc(OCc2ccnc(C(=O)NC)c2)c2occc12. The van der Waals surface area contributed by atoms with Crippen molar-refractivity contribution < 1.29 is 13.9 Å². The van der Waals surface area contributed by atoms with Gasteiger partial charge in [-0.2, -0.15) is 5.10 Å². The summed E-state index contributed by atoms with van der Waals surface area (Å²) in [5.41, 5.74) is 2.59. The van der Waals surface area contributed by atoms with Crippen molar-refractivity contribution in [3.05, 3.63) is 47.6 Å². The summed E-state index contributed by atoms with van der Waals surface area (Å²) in [7, 11) is 1.56. The van der Waals surface area contributed by atoms with Gasteiger partial charge in [-0.25, -0.2) is 0 Å². The number of rotatable bonds is 5. The van der Waals surface area contributed by atoms with E-state index in [9.17, 15) is 4.79 Å². The number of hydrogen-bond acceptors (Lipinski definition) is 6. The molecule has 0 radical (unpaired) electrons. The van der Waals surface area contributed by atoms with Crippen LogP contribution in [0.15, 0.2) is 35.1 Å². The minimum absolute atomic E-state index is 0.239. The lowest BCUT2D eigenvalue weighted by Crippen LogP contribution is -2.19. The van der Waals surface area contributed by atoms with Crippen molar-refractivity contribution in [2.75, 3.05) is 7.05 Å². The highest BCUT2D eigenvalue weighted by Gasteiger charge is 2.13. The summed E-state index contributed by atoms with van der Waals surface area (Å²) in [5.74, 6) is 0.0906. The van der Waals surface area contributed by atoms with Gasteiger partial charge in [-0.15, -0.1) is 5.10 Å². The Morgan fingerprint density at radius 2 is 2.22 bits per heavy atom. The summed E-state index contributed by atoms with van der Waals surface area (Å²) in [6.45, 7) is 2.25. The first-order valence-corrected chi connectivity index (χ1v) is 7.25. The summed E-state index contributed by atoms with van der Waals surface area (Å²) in [4.78, 5) is 15.6. The van der Waals surface area contributed by atoms with E-state index in [1.54, 1.807) is 31.6 Å². The first-order chi connectivity index (χ1) is 11.2. The minimum Gasteiger partial charge on any atom is -0.469 e. The molecule has 0 aliphatic carbocycles. The molecule has 3 aromatic rings. The van der Waals surface area contributed by atoms with E-state index in [1.165, 1.54) is 0 Å². The fourth-order valence-electron chi connectivity index (χ4n) is 2.23. The zero-order chi connectivity index (χ0) is 16.2. The van der Waals surface area contributed by atoms with Gasteiger partial charge in [-0.1, -0.05) is 6.92 Å². The summed E-state index contributed by atoms with van der Waals surface area (Å²) < 4.78 is 11.2. The number of hydrogen-bond donors (Lipinski definition) is 1. The van der Waals surface area contributed by atoms with Gasteiger partial charge in [0.25, 0.3) is 11.8 Å². The van der Waals surface area contributed by atoms with Crippen LogP contribution in [0.1, 0.15) is 28.7 Å². The van der Waals surface area contributed by atoms with E-state index in [2.05, 4.69) is 20.5 Å². The lowest BCUT2D eigenvalue weighted by molar-refractivity contribution is 0.0958. The first kappa shape index (κ1) is 15.0. The van der Waals surface area contributed by atoms with Crippen LogP contribution in [-0.2, 0) is 13.0 Å². The normalized spacial score (nSPS) is 10.7. The van der Waals surface area contributed by atoms with Gasteiger partial charge < -0.3 is 14.5 Å². The van der Waals surface area contributed by atoms with Crippen LogP contribution in [0, 0.1) is 0 Å². The predicted molar refractivity (Wildman–Crippen MR) is 83.1 cm³/mol. The van der Waals surface area contributed by atoms with Gasteiger partial charge in [0.1, 0.15) is 12.3 Å². The smallest absolute Gasteiger partial charge is 0.277 e. The van der Waals surface area contributed by atoms with Crippen molar-refractivity contribution in [3.63, 3.8) is 0 Å². The van der Waals surface area contributed by atoms with Gasteiger partial charge in [-0.3, -0.25) is 9.78 Å². The number of fused-ring (bicyclic) bond motifs is 1. The van der Waals surface area contributed by atoms with Gasteiger partial charge in [0.2, 0.25) is 0 Å². The Hall–Kier alpha value is -2.96. The summed E-state index contributed by atoms with van der Waals surface area (Å²) >= 11 is 0. The molecule has 0 aromatic carbocycles. The second-order valence-corrected chi connectivity index (χ2v) is 4.89. The molecule has 118 valence electrons. The Labute approximate surface area is 132 Å². The Bertz CT molecular complexity index is 844. The largest absolute Gasteiger partial charge is 0.469 e. The number of nitrogens with one attached hydrogen (secondary N) is 1. The fraction of sp³-hybridized carbons (Fsp3) is 0.250. The van der Waals surface area contributed by atoms with Crippen molar-refractivity contribution in [2.45, 2.75) is 20.0 Å². The molecule has 3 heterocycles. The van der Waals surface area contributed by atoms with Crippen LogP contribution in [0.5, 0.6) is 5.88 Å². The lowest BCUT2D eigenvalue weighted by atomic mass is 10.2. The highest BCUT2D eigenvalue weighted by Crippen LogP contribution is 2.26. The molecule has 0 bridgehead atoms. The molecule has 0 spiro atoms. The van der Waals surface area contributed by atoms with Crippen LogP contribution >= 0.6 is 0 Å². The molecule has 0 unspecified atom stereocenters. The summed E-state index contributed by atoms with van der Waals surface area (Å²) in [5, 5.41) is 11.7. The van der Waals surface area contributed by atoms with E-state index in [1.807, 2.05) is 13.0 Å². The molecular weight excluding hydrogens is 296 g/mol. The van der Waals surface area contributed by atoms with Gasteiger partial charge >= 0.3 is 0 Å². The van der Waals surface area contributed by atoms with Gasteiger partial charge in [0.15, 0.2) is 5.58 Å². The Morgan fingerprint density at radius 1 is 1.35 bits per heavy atom. The predicted octanol–water partition coefficient (Wildman–Crippen LogP) is 2.12. The number of carbonyl (C=O) groups is 1. The van der Waals surface area contributed by atoms with Crippen LogP contribution in [0.4, 0.5) is 0 Å². The van der Waals surface area contributed by atoms with Crippen LogP contribution < -0.4 is 10.1 Å². The number of amides is 1. The summed E-state index contributed by atoms with van der Waals surface area (Å²) in [6, 6.07) is 5.30. The average Bonchev–Trinajstić information content (AvgIpc) is 3.09. The molecule has 1 amide bonds. The molecule has 0 saturated heterocycles. The Balaban J connectivity index is 1.81. The summed E-state index contributed by atoms with van der Waals surface area (Å²) in [6.07, 6.45) is 3.93. The fourth-order valence-corrected chi connectivity index (χ4v) is 2.23. The highest BCUT2D eigenvalue weighted by molar-refractivity contribution is 5.92. The third kappa shape index (κ3) is 2.98. The molecule has 7 heteroatoms. The Kier molecular flexibility index (Phi) is 4.18. The average molecular weight is 312 g/mol. The van der Waals surface area contributed by atoms with Crippen molar-refractivity contribution in [3.8, 4) is 5.88 Å². The van der Waals surface area contributed by atoms with Crippen molar-refractivity contribution in [1.29, 1.82) is 0 Å². The Morgan fingerprint density at radius 3 is 3.00 bits per heavy atom. The number of aromatic nitrogens is 3. The second-order valence-electron chi connectivity index (χ2n) is 4.89. The number of carbonyl (C=O) groups excluding carboxylic acids is 1. The van der Waals surface area contributed by atoms with E-state index in [4.69, 9.17) is 9.15 Å². The highest BCUT2D eigenvalue weighted by atomic mass is 16.5. The number of pyridine rings is 1. The van der Waals surface area contributed by atoms with Gasteiger partial charge in [0, 0.05) is 18.6 Å². The van der Waals surface area contributed by atoms with Gasteiger partial charge in [-0.05, 0) is 30.2 Å². The molecule has 23 heavy (non-hydrogen) atoms. The van der Waals surface area contributed by atoms with E-state index < -0.39 is 0 Å². The van der Waals surface area contributed by atoms with Crippen LogP contribution in [0.25, 0.3) is 11.0 Å². The zero-order valence-electron chi connectivity index (χ0n) is 12.9. The molecule has 0 aliphatic heterocycles. The van der Waals surface area contributed by atoms with E-state index in [0.717, 1.165) is 23.1 Å². The maximum Gasteiger partial charge on any atom is 0.277 e. The van der Waals surface area contributed by atoms with E-state index in [0.29, 0.717) is 17.2 Å². The maximum absolute atomic E-state index is 11.6. The topological polar surface area (TPSA) is 90.1 Å². The maximum atomic E-state index is 11.6. The lowest BCUT2D eigenvalue weighted by Gasteiger charge is -2.07. The molecule has 0 atom stereocenters. The molecule has 3 rings (SSSR count). The number of aryl methyl sites for hydroxylation is 1. The molecule has 3 aromatic heterocycles. The number of furan rings is 1. The third-order valence-corrected chi connectivity index (χ3v) is 3.43. The second kappa shape index (κ2) is 6.43. The first-order valence-electron chi connectivity index (χ1n) is 7.25. The molecule has 0 saturated carbocycles. The van der Waals surface area contributed by atoms with Crippen LogP contribution in [-0.4, -0.2) is 28.1 Å². The standard InChI is InChI=1S/C16H16N4O3/c1-3-12-11-5-7-22-14(11)16(20-19-12)23-9-10-4-6-18-13(8-10)15(21)17-2/h4-8H,3,9H2,1-2H3,(H,17,21). The quantitative estimate of drug-likeness (QED) is 0.776.